The van der Waals surface area contributed by atoms with Crippen molar-refractivity contribution in [1.82, 2.24) is 4.90 Å². The van der Waals surface area contributed by atoms with Gasteiger partial charge in [-0.05, 0) is 51.2 Å². The van der Waals surface area contributed by atoms with Crippen LogP contribution in [0, 0.1) is 5.92 Å². The average Bonchev–Trinajstić information content (AvgIpc) is 2.18. The van der Waals surface area contributed by atoms with Crippen molar-refractivity contribution < 1.29 is 5.11 Å². The maximum absolute atomic E-state index is 8.89. The smallest absolute Gasteiger partial charge is 0.0456 e. The maximum atomic E-state index is 8.89. The third-order valence-corrected chi connectivity index (χ3v) is 2.56. The molecule has 0 aromatic rings. The lowest BCUT2D eigenvalue weighted by atomic mass is 10.1. The van der Waals surface area contributed by atoms with Crippen LogP contribution in [0.15, 0.2) is 0 Å². The Balaban J connectivity index is 3.49. The highest BCUT2D eigenvalue weighted by molar-refractivity contribution is 4.58. The van der Waals surface area contributed by atoms with Crippen LogP contribution in [0.25, 0.3) is 0 Å². The topological polar surface area (TPSA) is 23.5 Å². The average molecular weight is 201 g/mol. The molecule has 0 radical (unpaired) electrons. The standard InChI is InChI=1S/C12H27NO/c1-4-8-13(9-5-2)10-6-7-12(3)11-14/h12,14H,4-11H2,1-3H3. The largest absolute Gasteiger partial charge is 0.396 e. The molecule has 1 atom stereocenters. The van der Waals surface area contributed by atoms with Gasteiger partial charge in [-0.1, -0.05) is 20.8 Å². The first kappa shape index (κ1) is 13.9. The second-order valence-electron chi connectivity index (χ2n) is 4.27. The molecule has 0 fully saturated rings. The monoisotopic (exact) mass is 201 g/mol. The molecule has 2 nitrogen and oxygen atoms in total. The van der Waals surface area contributed by atoms with Gasteiger partial charge in [0.1, 0.15) is 0 Å². The molecule has 0 aliphatic rings. The van der Waals surface area contributed by atoms with E-state index in [4.69, 9.17) is 5.11 Å². The van der Waals surface area contributed by atoms with E-state index in [1.165, 1.54) is 38.9 Å². The van der Waals surface area contributed by atoms with E-state index in [2.05, 4.69) is 25.7 Å². The van der Waals surface area contributed by atoms with Crippen molar-refractivity contribution in [3.05, 3.63) is 0 Å². The van der Waals surface area contributed by atoms with Crippen molar-refractivity contribution in [2.45, 2.75) is 46.5 Å². The molecule has 0 amide bonds. The zero-order chi connectivity index (χ0) is 10.8. The molecule has 86 valence electrons. The van der Waals surface area contributed by atoms with Crippen LogP contribution in [0.5, 0.6) is 0 Å². The van der Waals surface area contributed by atoms with Crippen molar-refractivity contribution in [3.63, 3.8) is 0 Å². The fourth-order valence-electron chi connectivity index (χ4n) is 1.72. The van der Waals surface area contributed by atoms with Crippen LogP contribution >= 0.6 is 0 Å². The van der Waals surface area contributed by atoms with Crippen LogP contribution in [-0.4, -0.2) is 36.2 Å². The van der Waals surface area contributed by atoms with E-state index >= 15 is 0 Å². The van der Waals surface area contributed by atoms with Crippen LogP contribution in [0.2, 0.25) is 0 Å². The van der Waals surface area contributed by atoms with E-state index in [0.29, 0.717) is 12.5 Å². The quantitative estimate of drug-likeness (QED) is 0.619. The van der Waals surface area contributed by atoms with Gasteiger partial charge in [-0.3, -0.25) is 0 Å². The van der Waals surface area contributed by atoms with E-state index in [1.54, 1.807) is 0 Å². The molecule has 2 heteroatoms. The zero-order valence-corrected chi connectivity index (χ0v) is 10.1. The molecule has 0 aromatic carbocycles. The van der Waals surface area contributed by atoms with E-state index in [0.717, 1.165) is 6.42 Å². The molecule has 0 aliphatic carbocycles. The van der Waals surface area contributed by atoms with Gasteiger partial charge in [-0.25, -0.2) is 0 Å². The van der Waals surface area contributed by atoms with E-state index in [9.17, 15) is 0 Å². The molecule has 0 saturated carbocycles. The normalized spacial score (nSPS) is 13.5. The van der Waals surface area contributed by atoms with Crippen molar-refractivity contribution in [2.75, 3.05) is 26.2 Å². The third kappa shape index (κ3) is 7.34. The summed E-state index contributed by atoms with van der Waals surface area (Å²) >= 11 is 0. The molecular weight excluding hydrogens is 174 g/mol. The molecule has 0 spiro atoms. The number of nitrogens with zero attached hydrogens (tertiary/aromatic N) is 1. The van der Waals surface area contributed by atoms with Crippen LogP contribution < -0.4 is 0 Å². The summed E-state index contributed by atoms with van der Waals surface area (Å²) in [6.45, 7) is 10.6. The summed E-state index contributed by atoms with van der Waals surface area (Å²) in [5, 5.41) is 8.89. The predicted molar refractivity (Wildman–Crippen MR) is 62.5 cm³/mol. The fraction of sp³-hybridized carbons (Fsp3) is 1.00. The second-order valence-corrected chi connectivity index (χ2v) is 4.27. The van der Waals surface area contributed by atoms with Gasteiger partial charge >= 0.3 is 0 Å². The highest BCUT2D eigenvalue weighted by atomic mass is 16.3. The Hall–Kier alpha value is -0.0800. The molecule has 0 aliphatic heterocycles. The predicted octanol–water partition coefficient (Wildman–Crippen LogP) is 2.52. The number of aliphatic hydroxyl groups excluding tert-OH is 1. The summed E-state index contributed by atoms with van der Waals surface area (Å²) in [4.78, 5) is 2.53. The minimum Gasteiger partial charge on any atom is -0.396 e. The molecule has 0 heterocycles. The zero-order valence-electron chi connectivity index (χ0n) is 10.1. The summed E-state index contributed by atoms with van der Waals surface area (Å²) < 4.78 is 0. The van der Waals surface area contributed by atoms with Crippen molar-refractivity contribution in [3.8, 4) is 0 Å². The summed E-state index contributed by atoms with van der Waals surface area (Å²) in [6, 6.07) is 0. The Morgan fingerprint density at radius 3 is 2.07 bits per heavy atom. The third-order valence-electron chi connectivity index (χ3n) is 2.56. The number of aliphatic hydroxyl groups is 1. The highest BCUT2D eigenvalue weighted by Gasteiger charge is 2.04. The van der Waals surface area contributed by atoms with Gasteiger partial charge in [-0.15, -0.1) is 0 Å². The van der Waals surface area contributed by atoms with Crippen molar-refractivity contribution >= 4 is 0 Å². The van der Waals surface area contributed by atoms with Crippen LogP contribution in [0.1, 0.15) is 46.5 Å². The highest BCUT2D eigenvalue weighted by Crippen LogP contribution is 2.06. The summed E-state index contributed by atoms with van der Waals surface area (Å²) in [5.41, 5.74) is 0. The molecule has 0 saturated heterocycles. The van der Waals surface area contributed by atoms with Crippen LogP contribution in [-0.2, 0) is 0 Å². The first-order valence-electron chi connectivity index (χ1n) is 6.07. The number of rotatable bonds is 9. The first-order valence-corrected chi connectivity index (χ1v) is 6.07. The SMILES string of the molecule is CCCN(CCC)CCCC(C)CO. The van der Waals surface area contributed by atoms with E-state index in [-0.39, 0.29) is 0 Å². The second kappa shape index (κ2) is 9.47. The van der Waals surface area contributed by atoms with Gasteiger partial charge in [0, 0.05) is 6.61 Å². The van der Waals surface area contributed by atoms with Crippen molar-refractivity contribution in [1.29, 1.82) is 0 Å². The minimum absolute atomic E-state index is 0.335. The Morgan fingerprint density at radius 1 is 1.07 bits per heavy atom. The number of hydrogen-bond donors (Lipinski definition) is 1. The summed E-state index contributed by atoms with van der Waals surface area (Å²) in [6.07, 6.45) is 4.87. The van der Waals surface area contributed by atoms with Gasteiger partial charge in [0.05, 0.1) is 0 Å². The lowest BCUT2D eigenvalue weighted by Gasteiger charge is -2.21. The molecule has 0 bridgehead atoms. The molecule has 1 unspecified atom stereocenters. The van der Waals surface area contributed by atoms with Crippen molar-refractivity contribution in [2.24, 2.45) is 5.92 Å². The van der Waals surface area contributed by atoms with E-state index in [1.807, 2.05) is 0 Å². The van der Waals surface area contributed by atoms with Gasteiger partial charge in [0.2, 0.25) is 0 Å². The lowest BCUT2D eigenvalue weighted by molar-refractivity contribution is 0.214. The van der Waals surface area contributed by atoms with Gasteiger partial charge in [0.15, 0.2) is 0 Å². The maximum Gasteiger partial charge on any atom is 0.0456 e. The molecule has 14 heavy (non-hydrogen) atoms. The van der Waals surface area contributed by atoms with Gasteiger partial charge in [0.25, 0.3) is 0 Å². The Morgan fingerprint density at radius 2 is 1.64 bits per heavy atom. The molecule has 0 rings (SSSR count). The fourth-order valence-corrected chi connectivity index (χ4v) is 1.72. The summed E-state index contributed by atoms with van der Waals surface area (Å²) in [7, 11) is 0. The lowest BCUT2D eigenvalue weighted by Crippen LogP contribution is -2.26. The van der Waals surface area contributed by atoms with Gasteiger partial charge in [-0.2, -0.15) is 0 Å². The number of hydrogen-bond acceptors (Lipinski definition) is 2. The Bertz CT molecular complexity index is 111. The Labute approximate surface area is 89.3 Å². The van der Waals surface area contributed by atoms with Crippen LogP contribution in [0.4, 0.5) is 0 Å². The summed E-state index contributed by atoms with van der Waals surface area (Å²) in [5.74, 6) is 0.472. The minimum atomic E-state index is 0.335. The first-order chi connectivity index (χ1) is 6.74. The molecule has 0 aromatic heterocycles. The molecular formula is C12H27NO. The molecule has 1 N–H and O–H groups in total. The van der Waals surface area contributed by atoms with Crippen LogP contribution in [0.3, 0.4) is 0 Å². The van der Waals surface area contributed by atoms with Gasteiger partial charge < -0.3 is 10.0 Å². The Kier molecular flexibility index (Phi) is 9.42. The van der Waals surface area contributed by atoms with E-state index < -0.39 is 0 Å².